The number of benzene rings is 3. The number of halogens is 1. The Labute approximate surface area is 129 Å². The highest BCUT2D eigenvalue weighted by molar-refractivity contribution is 5.64. The largest absolute Gasteiger partial charge is 0.378 e. The van der Waals surface area contributed by atoms with Gasteiger partial charge in [0.2, 0.25) is 0 Å². The molecule has 0 radical (unpaired) electrons. The van der Waals surface area contributed by atoms with E-state index < -0.39 is 0 Å². The molecule has 1 aliphatic rings. The number of anilines is 1. The Kier molecular flexibility index (Phi) is 3.15. The van der Waals surface area contributed by atoms with Crippen LogP contribution in [0, 0.1) is 5.82 Å². The third kappa shape index (κ3) is 2.37. The summed E-state index contributed by atoms with van der Waals surface area (Å²) < 4.78 is 13.3. The van der Waals surface area contributed by atoms with Crippen molar-refractivity contribution in [2.24, 2.45) is 0 Å². The second kappa shape index (κ2) is 5.30. The zero-order chi connectivity index (χ0) is 14.9. The molecular formula is C20H16FN. The van der Waals surface area contributed by atoms with Crippen LogP contribution >= 0.6 is 0 Å². The van der Waals surface area contributed by atoms with Gasteiger partial charge < -0.3 is 5.32 Å². The first-order valence-electron chi connectivity index (χ1n) is 7.50. The van der Waals surface area contributed by atoms with Crippen LogP contribution in [0.5, 0.6) is 0 Å². The van der Waals surface area contributed by atoms with E-state index in [2.05, 4.69) is 41.7 Å². The van der Waals surface area contributed by atoms with Crippen LogP contribution in [0.4, 0.5) is 10.1 Å². The van der Waals surface area contributed by atoms with Crippen LogP contribution in [0.1, 0.15) is 17.2 Å². The molecule has 0 aromatic heterocycles. The maximum absolute atomic E-state index is 13.3. The lowest BCUT2D eigenvalue weighted by Crippen LogP contribution is -2.05. The van der Waals surface area contributed by atoms with Gasteiger partial charge in [0.1, 0.15) is 5.82 Å². The molecule has 3 aromatic rings. The van der Waals surface area contributed by atoms with E-state index in [1.54, 1.807) is 6.07 Å². The highest BCUT2D eigenvalue weighted by Crippen LogP contribution is 2.35. The molecule has 3 aromatic carbocycles. The second-order valence-corrected chi connectivity index (χ2v) is 5.69. The lowest BCUT2D eigenvalue weighted by Gasteiger charge is -2.12. The Balaban J connectivity index is 1.58. The van der Waals surface area contributed by atoms with Gasteiger partial charge in [-0.3, -0.25) is 0 Å². The molecule has 1 aliphatic heterocycles. The van der Waals surface area contributed by atoms with E-state index in [9.17, 15) is 4.39 Å². The van der Waals surface area contributed by atoms with Crippen LogP contribution in [-0.4, -0.2) is 0 Å². The summed E-state index contributed by atoms with van der Waals surface area (Å²) >= 11 is 0. The molecule has 4 rings (SSSR count). The number of fused-ring (bicyclic) bond motifs is 1. The first-order valence-corrected chi connectivity index (χ1v) is 7.50. The van der Waals surface area contributed by atoms with E-state index in [1.165, 1.54) is 22.8 Å². The highest BCUT2D eigenvalue weighted by atomic mass is 19.1. The predicted octanol–water partition coefficient (Wildman–Crippen LogP) is 5.20. The van der Waals surface area contributed by atoms with Crippen LogP contribution < -0.4 is 5.32 Å². The Bertz CT molecular complexity index is 794. The van der Waals surface area contributed by atoms with Crippen LogP contribution in [0.25, 0.3) is 11.1 Å². The molecule has 2 heteroatoms. The standard InChI is InChI=1S/C20H16FN/c21-18-10-11-19-17(12-18)13-20(22-19)16-8-6-15(7-9-16)14-4-2-1-3-5-14/h1-12,20,22H,13H2. The summed E-state index contributed by atoms with van der Waals surface area (Å²) in [5.41, 5.74) is 5.76. The second-order valence-electron chi connectivity index (χ2n) is 5.69. The summed E-state index contributed by atoms with van der Waals surface area (Å²) in [5, 5.41) is 3.47. The van der Waals surface area contributed by atoms with Crippen molar-refractivity contribution in [1.82, 2.24) is 0 Å². The Morgan fingerprint density at radius 2 is 1.55 bits per heavy atom. The monoisotopic (exact) mass is 289 g/mol. The van der Waals surface area contributed by atoms with Crippen LogP contribution in [-0.2, 0) is 6.42 Å². The van der Waals surface area contributed by atoms with Gasteiger partial charge in [0, 0.05) is 5.69 Å². The quantitative estimate of drug-likeness (QED) is 0.683. The van der Waals surface area contributed by atoms with Crippen molar-refractivity contribution in [3.63, 3.8) is 0 Å². The van der Waals surface area contributed by atoms with E-state index in [-0.39, 0.29) is 11.9 Å². The molecule has 0 saturated heterocycles. The first kappa shape index (κ1) is 13.1. The third-order valence-corrected chi connectivity index (χ3v) is 4.24. The van der Waals surface area contributed by atoms with Crippen molar-refractivity contribution < 1.29 is 4.39 Å². The molecule has 0 bridgehead atoms. The van der Waals surface area contributed by atoms with Crippen molar-refractivity contribution >= 4 is 5.69 Å². The summed E-state index contributed by atoms with van der Waals surface area (Å²) in [6.45, 7) is 0. The summed E-state index contributed by atoms with van der Waals surface area (Å²) in [6, 6.07) is 24.1. The van der Waals surface area contributed by atoms with Gasteiger partial charge in [0.05, 0.1) is 6.04 Å². The van der Waals surface area contributed by atoms with Gasteiger partial charge in [-0.05, 0) is 46.9 Å². The lowest BCUT2D eigenvalue weighted by molar-refractivity contribution is 0.626. The third-order valence-electron chi connectivity index (χ3n) is 4.24. The van der Waals surface area contributed by atoms with Gasteiger partial charge in [-0.2, -0.15) is 0 Å². The van der Waals surface area contributed by atoms with Crippen molar-refractivity contribution in [1.29, 1.82) is 0 Å². The summed E-state index contributed by atoms with van der Waals surface area (Å²) in [6.07, 6.45) is 0.831. The molecule has 22 heavy (non-hydrogen) atoms. The molecule has 0 fully saturated rings. The number of nitrogens with one attached hydrogen (secondary N) is 1. The van der Waals surface area contributed by atoms with E-state index in [0.29, 0.717) is 0 Å². The van der Waals surface area contributed by atoms with Gasteiger partial charge >= 0.3 is 0 Å². The SMILES string of the molecule is Fc1ccc2c(c1)CC(c1ccc(-c3ccccc3)cc1)N2. The Hall–Kier alpha value is -2.61. The maximum atomic E-state index is 13.3. The van der Waals surface area contributed by atoms with Crippen molar-refractivity contribution in [2.75, 3.05) is 5.32 Å². The van der Waals surface area contributed by atoms with Crippen molar-refractivity contribution in [3.05, 3.63) is 89.7 Å². The minimum atomic E-state index is -0.166. The summed E-state index contributed by atoms with van der Waals surface area (Å²) in [5.74, 6) is -0.166. The zero-order valence-corrected chi connectivity index (χ0v) is 12.1. The summed E-state index contributed by atoms with van der Waals surface area (Å²) in [4.78, 5) is 0. The molecule has 0 aliphatic carbocycles. The fraction of sp³-hybridized carbons (Fsp3) is 0.100. The minimum Gasteiger partial charge on any atom is -0.378 e. The average molecular weight is 289 g/mol. The van der Waals surface area contributed by atoms with Crippen LogP contribution in [0.15, 0.2) is 72.8 Å². The molecule has 108 valence electrons. The molecule has 1 unspecified atom stereocenters. The van der Waals surface area contributed by atoms with E-state index >= 15 is 0 Å². The van der Waals surface area contributed by atoms with Gasteiger partial charge in [-0.1, -0.05) is 54.6 Å². The summed E-state index contributed by atoms with van der Waals surface area (Å²) in [7, 11) is 0. The van der Waals surface area contributed by atoms with Crippen LogP contribution in [0.2, 0.25) is 0 Å². The molecule has 1 nitrogen and oxygen atoms in total. The fourth-order valence-electron chi connectivity index (χ4n) is 3.07. The average Bonchev–Trinajstić information content (AvgIpc) is 2.99. The Morgan fingerprint density at radius 1 is 0.818 bits per heavy atom. The van der Waals surface area contributed by atoms with Gasteiger partial charge in [-0.15, -0.1) is 0 Å². The van der Waals surface area contributed by atoms with E-state index in [1.807, 2.05) is 24.3 Å². The molecular weight excluding hydrogens is 273 g/mol. The molecule has 1 atom stereocenters. The molecule has 1 N–H and O–H groups in total. The van der Waals surface area contributed by atoms with E-state index in [4.69, 9.17) is 0 Å². The molecule has 0 saturated carbocycles. The normalized spacial score (nSPS) is 16.1. The maximum Gasteiger partial charge on any atom is 0.123 e. The molecule has 0 spiro atoms. The molecule has 0 amide bonds. The predicted molar refractivity (Wildman–Crippen MR) is 88.3 cm³/mol. The number of rotatable bonds is 2. The topological polar surface area (TPSA) is 12.0 Å². The number of hydrogen-bond acceptors (Lipinski definition) is 1. The van der Waals surface area contributed by atoms with Crippen molar-refractivity contribution in [2.45, 2.75) is 12.5 Å². The Morgan fingerprint density at radius 3 is 2.32 bits per heavy atom. The van der Waals surface area contributed by atoms with Crippen LogP contribution in [0.3, 0.4) is 0 Å². The minimum absolute atomic E-state index is 0.166. The fourth-order valence-corrected chi connectivity index (χ4v) is 3.07. The lowest BCUT2D eigenvalue weighted by atomic mass is 9.99. The van der Waals surface area contributed by atoms with Gasteiger partial charge in [0.25, 0.3) is 0 Å². The first-order chi connectivity index (χ1) is 10.8. The molecule has 1 heterocycles. The number of hydrogen-bond donors (Lipinski definition) is 1. The zero-order valence-electron chi connectivity index (χ0n) is 12.1. The van der Waals surface area contributed by atoms with Crippen molar-refractivity contribution in [3.8, 4) is 11.1 Å². The highest BCUT2D eigenvalue weighted by Gasteiger charge is 2.22. The van der Waals surface area contributed by atoms with E-state index in [0.717, 1.165) is 17.7 Å². The smallest absolute Gasteiger partial charge is 0.123 e. The van der Waals surface area contributed by atoms with Gasteiger partial charge in [-0.25, -0.2) is 4.39 Å². The van der Waals surface area contributed by atoms with Gasteiger partial charge in [0.15, 0.2) is 0 Å².